The van der Waals surface area contributed by atoms with E-state index in [1.165, 1.54) is 0 Å². The molecule has 0 aliphatic carbocycles. The summed E-state index contributed by atoms with van der Waals surface area (Å²) in [5.74, 6) is -1.38. The van der Waals surface area contributed by atoms with Crippen LogP contribution in [0.2, 0.25) is 0 Å². The lowest BCUT2D eigenvalue weighted by atomic mass is 9.93. The molecule has 0 spiro atoms. The van der Waals surface area contributed by atoms with Crippen LogP contribution in [0.15, 0.2) is 53.6 Å². The van der Waals surface area contributed by atoms with Crippen molar-refractivity contribution in [3.8, 4) is 11.6 Å². The number of benzene rings is 2. The molecule has 16 heteroatoms. The van der Waals surface area contributed by atoms with Gasteiger partial charge in [0.15, 0.2) is 11.4 Å². The van der Waals surface area contributed by atoms with E-state index in [-0.39, 0.29) is 29.0 Å². The van der Waals surface area contributed by atoms with E-state index < -0.39 is 37.4 Å². The molecule has 1 atom stereocenters. The molecule has 258 valence electrons. The number of carbonyl (C=O) groups is 1. The smallest absolute Gasteiger partial charge is 0.297 e. The van der Waals surface area contributed by atoms with Gasteiger partial charge in [-0.25, -0.2) is 13.1 Å². The maximum Gasteiger partial charge on any atom is 0.297 e. The lowest BCUT2D eigenvalue weighted by Crippen LogP contribution is -2.34. The molecule has 0 fully saturated rings. The average Bonchev–Trinajstić information content (AvgIpc) is 3.50. The Morgan fingerprint density at radius 3 is 2.59 bits per heavy atom. The van der Waals surface area contributed by atoms with Crippen LogP contribution in [-0.4, -0.2) is 76.4 Å². The highest BCUT2D eigenvalue weighted by Gasteiger charge is 2.31. The van der Waals surface area contributed by atoms with E-state index in [0.29, 0.717) is 42.6 Å². The number of fused-ring (bicyclic) bond motifs is 2. The SMILES string of the molecule is [B]C1COc2cc(S(=O)(=O)NC(=O)c3ccc(N(C)CC)cc3N(CC)c3cc4cc[nH]c4nc3OCCC(C)(C)C)cc([N+](=O)[O-])c2N1. The lowest BCUT2D eigenvalue weighted by molar-refractivity contribution is -0.384. The summed E-state index contributed by atoms with van der Waals surface area (Å²) in [5.41, 5.74) is 1.88. The van der Waals surface area contributed by atoms with Gasteiger partial charge < -0.3 is 29.6 Å². The predicted molar refractivity (Wildman–Crippen MR) is 190 cm³/mol. The average molecular weight is 690 g/mol. The summed E-state index contributed by atoms with van der Waals surface area (Å²) in [6.45, 7) is 11.6. The number of nitro benzene ring substituents is 1. The van der Waals surface area contributed by atoms with Crippen LogP contribution in [0.25, 0.3) is 11.0 Å². The summed E-state index contributed by atoms with van der Waals surface area (Å²) in [7, 11) is 3.10. The standard InChI is InChI=1S/C33H40BN7O7S/c1-7-39(6)21-9-10-23(31(42)38-49(45,46)22-17-25(41(43)44)29-27(18-22)48-19-28(34)36-29)24(16-21)40(8-2)26-15-20-11-13-35-30(20)37-32(26)47-14-12-33(3,4)5/h9-11,13,15-18,28,36H,7-8,12,14,19H2,1-6H3,(H,35,37)(H,38,42). The van der Waals surface area contributed by atoms with Crippen molar-refractivity contribution in [2.75, 3.05) is 48.5 Å². The predicted octanol–water partition coefficient (Wildman–Crippen LogP) is 5.32. The minimum Gasteiger partial charge on any atom is -0.490 e. The molecule has 2 aromatic heterocycles. The third kappa shape index (κ3) is 7.69. The molecule has 14 nitrogen and oxygen atoms in total. The number of rotatable bonds is 12. The van der Waals surface area contributed by atoms with Gasteiger partial charge in [-0.1, -0.05) is 20.8 Å². The fourth-order valence-corrected chi connectivity index (χ4v) is 6.31. The summed E-state index contributed by atoms with van der Waals surface area (Å²) < 4.78 is 41.1. The molecule has 1 aliphatic rings. The van der Waals surface area contributed by atoms with E-state index in [9.17, 15) is 23.3 Å². The largest absolute Gasteiger partial charge is 0.490 e. The van der Waals surface area contributed by atoms with Crippen LogP contribution in [0.3, 0.4) is 0 Å². The van der Waals surface area contributed by atoms with Crippen molar-refractivity contribution >= 4 is 63.2 Å². The molecular weight excluding hydrogens is 649 g/mol. The summed E-state index contributed by atoms with van der Waals surface area (Å²) in [4.78, 5) is 36.3. The number of amides is 1. The number of aromatic amines is 1. The second-order valence-corrected chi connectivity index (χ2v) is 14.6. The second kappa shape index (κ2) is 13.9. The first-order chi connectivity index (χ1) is 23.1. The fourth-order valence-electron chi connectivity index (χ4n) is 5.31. The van der Waals surface area contributed by atoms with E-state index in [0.717, 1.165) is 29.6 Å². The number of anilines is 4. The summed E-state index contributed by atoms with van der Waals surface area (Å²) in [6.07, 6.45) is 2.54. The molecule has 3 N–H and O–H groups in total. The Morgan fingerprint density at radius 1 is 1.16 bits per heavy atom. The fraction of sp³-hybridized carbons (Fsp3) is 0.394. The molecule has 5 rings (SSSR count). The number of nitro groups is 1. The van der Waals surface area contributed by atoms with E-state index >= 15 is 0 Å². The van der Waals surface area contributed by atoms with Crippen molar-refractivity contribution in [1.82, 2.24) is 14.7 Å². The first kappa shape index (κ1) is 35.3. The zero-order valence-corrected chi connectivity index (χ0v) is 29.2. The number of carbonyl (C=O) groups excluding carboxylic acids is 1. The lowest BCUT2D eigenvalue weighted by Gasteiger charge is -2.29. The number of sulfonamides is 1. The highest BCUT2D eigenvalue weighted by molar-refractivity contribution is 7.90. The Hall–Kier alpha value is -4.99. The number of pyridine rings is 1. The number of ether oxygens (including phenoxy) is 2. The first-order valence-electron chi connectivity index (χ1n) is 15.9. The van der Waals surface area contributed by atoms with Crippen LogP contribution in [0.5, 0.6) is 11.6 Å². The van der Waals surface area contributed by atoms with E-state index in [4.69, 9.17) is 22.3 Å². The van der Waals surface area contributed by atoms with Crippen LogP contribution >= 0.6 is 0 Å². The van der Waals surface area contributed by atoms with Crippen molar-refractivity contribution in [2.45, 2.75) is 51.9 Å². The Morgan fingerprint density at radius 2 is 1.92 bits per heavy atom. The summed E-state index contributed by atoms with van der Waals surface area (Å²) in [6, 6.07) is 10.9. The van der Waals surface area contributed by atoms with Crippen molar-refractivity contribution < 1.29 is 27.6 Å². The van der Waals surface area contributed by atoms with Crippen LogP contribution in [-0.2, 0) is 10.0 Å². The van der Waals surface area contributed by atoms with Crippen LogP contribution in [0.4, 0.5) is 28.4 Å². The summed E-state index contributed by atoms with van der Waals surface area (Å²) >= 11 is 0. The number of H-pyrrole nitrogens is 1. The van der Waals surface area contributed by atoms with Gasteiger partial charge in [0.05, 0.1) is 34.3 Å². The molecule has 0 saturated carbocycles. The Kier molecular flexibility index (Phi) is 9.99. The number of aromatic nitrogens is 2. The van der Waals surface area contributed by atoms with E-state index in [1.807, 2.05) is 42.8 Å². The van der Waals surface area contributed by atoms with Crippen molar-refractivity contribution in [1.29, 1.82) is 0 Å². The van der Waals surface area contributed by atoms with E-state index in [1.54, 1.807) is 24.4 Å². The van der Waals surface area contributed by atoms with Crippen molar-refractivity contribution in [3.05, 3.63) is 64.3 Å². The molecular formula is C33H40BN7O7S. The van der Waals surface area contributed by atoms with Crippen LogP contribution in [0.1, 0.15) is 51.4 Å². The van der Waals surface area contributed by atoms with Crippen LogP contribution in [0, 0.1) is 15.5 Å². The van der Waals surface area contributed by atoms with Crippen molar-refractivity contribution in [2.24, 2.45) is 5.41 Å². The Balaban J connectivity index is 1.58. The zero-order valence-electron chi connectivity index (χ0n) is 28.4. The third-order valence-corrected chi connectivity index (χ3v) is 9.46. The second-order valence-electron chi connectivity index (χ2n) is 12.9. The molecule has 2 aromatic carbocycles. The van der Waals surface area contributed by atoms with Gasteiger partial charge in [0.1, 0.15) is 19.2 Å². The van der Waals surface area contributed by atoms with Crippen molar-refractivity contribution in [3.63, 3.8) is 0 Å². The monoisotopic (exact) mass is 689 g/mol. The quantitative estimate of drug-likeness (QED) is 0.0999. The Bertz CT molecular complexity index is 2000. The molecule has 0 saturated heterocycles. The molecule has 1 unspecified atom stereocenters. The molecule has 0 bridgehead atoms. The molecule has 4 aromatic rings. The van der Waals surface area contributed by atoms with Gasteiger partial charge in [-0.2, -0.15) is 4.98 Å². The molecule has 49 heavy (non-hydrogen) atoms. The van der Waals surface area contributed by atoms with E-state index in [2.05, 4.69) is 35.8 Å². The van der Waals surface area contributed by atoms with Gasteiger partial charge in [0, 0.05) is 55.5 Å². The highest BCUT2D eigenvalue weighted by Crippen LogP contribution is 2.41. The Labute approximate surface area is 286 Å². The maximum atomic E-state index is 14.0. The van der Waals surface area contributed by atoms with Gasteiger partial charge in [-0.3, -0.25) is 14.9 Å². The van der Waals surface area contributed by atoms with Crippen LogP contribution < -0.4 is 29.3 Å². The minimum absolute atomic E-state index is 0.0188. The molecule has 3 heterocycles. The van der Waals surface area contributed by atoms with Gasteiger partial charge in [0.25, 0.3) is 21.6 Å². The third-order valence-electron chi connectivity index (χ3n) is 8.15. The maximum absolute atomic E-state index is 14.0. The van der Waals surface area contributed by atoms with Gasteiger partial charge in [0.2, 0.25) is 5.88 Å². The topological polar surface area (TPSA) is 172 Å². The molecule has 1 amide bonds. The number of hydrogen-bond acceptors (Lipinski definition) is 11. The molecule has 1 aliphatic heterocycles. The number of nitrogens with zero attached hydrogens (tertiary/aromatic N) is 4. The number of nitrogens with one attached hydrogen (secondary N) is 3. The minimum atomic E-state index is -4.62. The van der Waals surface area contributed by atoms with Gasteiger partial charge in [-0.05, 0) is 56.0 Å². The number of hydrogen-bond donors (Lipinski definition) is 3. The molecule has 2 radical (unpaired) electrons. The normalized spacial score (nSPS) is 14.4. The summed E-state index contributed by atoms with van der Waals surface area (Å²) in [5, 5.41) is 15.4. The zero-order chi connectivity index (χ0) is 35.7. The van der Waals surface area contributed by atoms with Gasteiger partial charge >= 0.3 is 0 Å². The van der Waals surface area contributed by atoms with Gasteiger partial charge in [-0.15, -0.1) is 0 Å². The first-order valence-corrected chi connectivity index (χ1v) is 17.4. The highest BCUT2D eigenvalue weighted by atomic mass is 32.2.